The summed E-state index contributed by atoms with van der Waals surface area (Å²) in [5.74, 6) is 0. The number of benzene rings is 2. The molecule has 2 aromatic carbocycles. The van der Waals surface area contributed by atoms with Crippen LogP contribution in [-0.2, 0) is 0 Å². The van der Waals surface area contributed by atoms with E-state index < -0.39 is 0 Å². The van der Waals surface area contributed by atoms with E-state index in [4.69, 9.17) is 0 Å². The molecule has 98 valence electrons. The van der Waals surface area contributed by atoms with E-state index in [1.165, 1.54) is 16.0 Å². The molecule has 0 bridgehead atoms. The smallest absolute Gasteiger partial charge is 0.0632 e. The zero-order chi connectivity index (χ0) is 13.8. The van der Waals surface area contributed by atoms with Crippen molar-refractivity contribution in [3.8, 4) is 10.4 Å². The zero-order valence-corrected chi connectivity index (χ0v) is 12.1. The van der Waals surface area contributed by atoms with Crippen molar-refractivity contribution in [2.75, 3.05) is 0 Å². The minimum absolute atomic E-state index is 0.992. The van der Waals surface area contributed by atoms with Crippen molar-refractivity contribution < 1.29 is 0 Å². The fourth-order valence-corrected chi connectivity index (χ4v) is 2.80. The molecule has 3 aromatic rings. The van der Waals surface area contributed by atoms with Crippen LogP contribution in [-0.4, -0.2) is 6.21 Å². The summed E-state index contributed by atoms with van der Waals surface area (Å²) in [5, 5.41) is 2.10. The van der Waals surface area contributed by atoms with Crippen LogP contribution in [0, 0.1) is 6.92 Å². The Morgan fingerprint density at radius 3 is 2.65 bits per heavy atom. The van der Waals surface area contributed by atoms with E-state index >= 15 is 0 Å². The Labute approximate surface area is 123 Å². The lowest BCUT2D eigenvalue weighted by Crippen LogP contribution is -1.82. The van der Waals surface area contributed by atoms with Crippen molar-refractivity contribution in [1.29, 1.82) is 0 Å². The van der Waals surface area contributed by atoms with Crippen LogP contribution in [0.2, 0.25) is 0 Å². The Kier molecular flexibility index (Phi) is 3.75. The Hall–Kier alpha value is -2.19. The van der Waals surface area contributed by atoms with Crippen molar-refractivity contribution in [2.24, 2.45) is 4.99 Å². The first kappa shape index (κ1) is 12.8. The Morgan fingerprint density at radius 1 is 0.950 bits per heavy atom. The van der Waals surface area contributed by atoms with Crippen molar-refractivity contribution >= 4 is 23.2 Å². The Balaban J connectivity index is 1.86. The fourth-order valence-electron chi connectivity index (χ4n) is 2.07. The molecule has 3 rings (SSSR count). The highest BCUT2D eigenvalue weighted by atomic mass is 32.1. The summed E-state index contributed by atoms with van der Waals surface area (Å²) in [4.78, 5) is 5.83. The molecular weight excluding hydrogens is 262 g/mol. The van der Waals surface area contributed by atoms with Gasteiger partial charge in [-0.15, -0.1) is 11.3 Å². The normalized spacial score (nSPS) is 11.1. The van der Waals surface area contributed by atoms with Gasteiger partial charge in [0.2, 0.25) is 0 Å². The fraction of sp³-hybridized carbons (Fsp3) is 0.0556. The van der Waals surface area contributed by atoms with Gasteiger partial charge in [-0.3, -0.25) is 4.99 Å². The summed E-state index contributed by atoms with van der Waals surface area (Å²) in [6.07, 6.45) is 1.92. The van der Waals surface area contributed by atoms with Crippen molar-refractivity contribution in [3.63, 3.8) is 0 Å². The lowest BCUT2D eigenvalue weighted by atomic mass is 10.1. The van der Waals surface area contributed by atoms with Gasteiger partial charge in [0.05, 0.1) is 5.69 Å². The number of thiophene rings is 1. The molecule has 0 radical (unpaired) electrons. The van der Waals surface area contributed by atoms with Gasteiger partial charge in [-0.25, -0.2) is 0 Å². The van der Waals surface area contributed by atoms with Gasteiger partial charge in [-0.05, 0) is 53.3 Å². The van der Waals surface area contributed by atoms with Crippen molar-refractivity contribution in [1.82, 2.24) is 0 Å². The first-order valence-electron chi connectivity index (χ1n) is 6.56. The van der Waals surface area contributed by atoms with Crippen LogP contribution in [0.4, 0.5) is 5.69 Å². The molecule has 0 saturated heterocycles. The van der Waals surface area contributed by atoms with Crippen LogP contribution in [0.5, 0.6) is 0 Å². The molecule has 0 N–H and O–H groups in total. The van der Waals surface area contributed by atoms with E-state index in [9.17, 15) is 0 Å². The number of aryl methyl sites for hydroxylation is 1. The van der Waals surface area contributed by atoms with Crippen LogP contribution < -0.4 is 0 Å². The average Bonchev–Trinajstić information content (AvgIpc) is 3.00. The number of hydrogen-bond acceptors (Lipinski definition) is 2. The molecule has 0 amide bonds. The van der Waals surface area contributed by atoms with Crippen LogP contribution >= 0.6 is 11.3 Å². The molecule has 0 aliphatic heterocycles. The zero-order valence-electron chi connectivity index (χ0n) is 11.3. The van der Waals surface area contributed by atoms with Crippen LogP contribution in [0.25, 0.3) is 10.4 Å². The van der Waals surface area contributed by atoms with Crippen molar-refractivity contribution in [3.05, 3.63) is 77.2 Å². The van der Waals surface area contributed by atoms with Gasteiger partial charge in [-0.2, -0.15) is 0 Å². The van der Waals surface area contributed by atoms with Crippen molar-refractivity contribution in [2.45, 2.75) is 6.92 Å². The second-order valence-electron chi connectivity index (χ2n) is 4.70. The molecule has 2 heteroatoms. The van der Waals surface area contributed by atoms with E-state index in [-0.39, 0.29) is 0 Å². The standard InChI is InChI=1S/C18H15NS/c1-14-5-2-8-17(11-14)19-13-15-6-3-7-16(12-15)18-9-4-10-20-18/h2-13H,1H3. The lowest BCUT2D eigenvalue weighted by molar-refractivity contribution is 1.43. The first-order chi connectivity index (χ1) is 9.81. The lowest BCUT2D eigenvalue weighted by Gasteiger charge is -2.00. The SMILES string of the molecule is Cc1cccc(N=Cc2cccc(-c3cccs3)c2)c1. The third-order valence-corrected chi connectivity index (χ3v) is 3.98. The molecule has 0 saturated carbocycles. The van der Waals surface area contributed by atoms with Crippen LogP contribution in [0.15, 0.2) is 71.0 Å². The molecule has 1 heterocycles. The molecule has 0 unspecified atom stereocenters. The van der Waals surface area contributed by atoms with Gasteiger partial charge in [0, 0.05) is 11.1 Å². The highest BCUT2D eigenvalue weighted by molar-refractivity contribution is 7.13. The predicted octanol–water partition coefficient (Wildman–Crippen LogP) is 5.47. The maximum atomic E-state index is 4.54. The monoisotopic (exact) mass is 277 g/mol. The second-order valence-corrected chi connectivity index (χ2v) is 5.65. The molecule has 0 atom stereocenters. The molecule has 1 aromatic heterocycles. The molecular formula is C18H15NS. The third-order valence-electron chi connectivity index (χ3n) is 3.06. The Morgan fingerprint density at radius 2 is 1.85 bits per heavy atom. The minimum atomic E-state index is 0.992. The largest absolute Gasteiger partial charge is 0.256 e. The van der Waals surface area contributed by atoms with E-state index in [1.54, 1.807) is 11.3 Å². The summed E-state index contributed by atoms with van der Waals surface area (Å²) < 4.78 is 0. The second kappa shape index (κ2) is 5.85. The minimum Gasteiger partial charge on any atom is -0.256 e. The van der Waals surface area contributed by atoms with E-state index in [1.807, 2.05) is 18.3 Å². The topological polar surface area (TPSA) is 12.4 Å². The molecule has 20 heavy (non-hydrogen) atoms. The first-order valence-corrected chi connectivity index (χ1v) is 7.44. The van der Waals surface area contributed by atoms with Gasteiger partial charge in [0.1, 0.15) is 0 Å². The van der Waals surface area contributed by atoms with E-state index in [0.717, 1.165) is 11.3 Å². The molecule has 0 aliphatic carbocycles. The molecule has 0 fully saturated rings. The molecule has 0 aliphatic rings. The van der Waals surface area contributed by atoms with Gasteiger partial charge in [0.15, 0.2) is 0 Å². The van der Waals surface area contributed by atoms with E-state index in [0.29, 0.717) is 0 Å². The maximum Gasteiger partial charge on any atom is 0.0632 e. The molecule has 1 nitrogen and oxygen atoms in total. The highest BCUT2D eigenvalue weighted by Gasteiger charge is 1.98. The van der Waals surface area contributed by atoms with Crippen LogP contribution in [0.1, 0.15) is 11.1 Å². The summed E-state index contributed by atoms with van der Waals surface area (Å²) in [7, 11) is 0. The molecule has 0 spiro atoms. The summed E-state index contributed by atoms with van der Waals surface area (Å²) in [5.41, 5.74) is 4.59. The maximum absolute atomic E-state index is 4.54. The van der Waals surface area contributed by atoms with E-state index in [2.05, 4.69) is 65.8 Å². The number of aliphatic imine (C=N–C) groups is 1. The number of hydrogen-bond donors (Lipinski definition) is 0. The number of rotatable bonds is 3. The van der Waals surface area contributed by atoms with Gasteiger partial charge >= 0.3 is 0 Å². The van der Waals surface area contributed by atoms with Gasteiger partial charge in [-0.1, -0.05) is 36.4 Å². The van der Waals surface area contributed by atoms with Gasteiger partial charge in [0.25, 0.3) is 0 Å². The number of nitrogens with zero attached hydrogens (tertiary/aromatic N) is 1. The summed E-state index contributed by atoms with van der Waals surface area (Å²) in [6, 6.07) is 20.9. The van der Waals surface area contributed by atoms with Crippen LogP contribution in [0.3, 0.4) is 0 Å². The average molecular weight is 277 g/mol. The third kappa shape index (κ3) is 3.03. The predicted molar refractivity (Wildman–Crippen MR) is 88.2 cm³/mol. The Bertz CT molecular complexity index is 727. The summed E-state index contributed by atoms with van der Waals surface area (Å²) >= 11 is 1.76. The quantitative estimate of drug-likeness (QED) is 0.563. The summed E-state index contributed by atoms with van der Waals surface area (Å²) in [6.45, 7) is 2.08. The highest BCUT2D eigenvalue weighted by Crippen LogP contribution is 2.25. The van der Waals surface area contributed by atoms with Gasteiger partial charge < -0.3 is 0 Å².